The fraction of sp³-hybridized carbons (Fsp3) is 0.231. The Balaban J connectivity index is 1.51. The van der Waals surface area contributed by atoms with Crippen LogP contribution in [0.25, 0.3) is 0 Å². The molecule has 2 aliphatic carbocycles. The molecule has 1 heterocycles. The Morgan fingerprint density at radius 1 is 0.865 bits per heavy atom. The van der Waals surface area contributed by atoms with Gasteiger partial charge in [-0.25, -0.2) is 13.2 Å². The summed E-state index contributed by atoms with van der Waals surface area (Å²) in [6, 6.07) is 8.84. The van der Waals surface area contributed by atoms with E-state index in [1.165, 1.54) is 30.5 Å². The molecule has 3 amide bonds. The predicted octanol–water partition coefficient (Wildman–Crippen LogP) is 3.74. The molecular weight excluding hydrogens is 489 g/mol. The first kappa shape index (κ1) is 24.3. The zero-order chi connectivity index (χ0) is 26.5. The maximum Gasteiger partial charge on any atom is 0.247 e. The molecule has 8 nitrogen and oxygen atoms in total. The lowest BCUT2D eigenvalue weighted by atomic mass is 10.0. The minimum absolute atomic E-state index is 0.0193. The number of nitrogens with zero attached hydrogens (tertiary/aromatic N) is 2. The largest absolute Gasteiger partial charge is 0.454 e. The molecule has 3 aromatic rings. The second-order valence-corrected chi connectivity index (χ2v) is 9.22. The molecule has 4 N–H and O–H groups in total. The first-order valence-electron chi connectivity index (χ1n) is 11.4. The summed E-state index contributed by atoms with van der Waals surface area (Å²) in [7, 11) is 0. The average molecular weight is 510 g/mol. The van der Waals surface area contributed by atoms with Crippen LogP contribution in [0.3, 0.4) is 0 Å². The van der Waals surface area contributed by atoms with E-state index in [1.54, 1.807) is 0 Å². The summed E-state index contributed by atoms with van der Waals surface area (Å²) in [5, 5.41) is 0. The molecule has 0 bridgehead atoms. The van der Waals surface area contributed by atoms with Crippen molar-refractivity contribution in [1.82, 2.24) is 4.98 Å². The zero-order valence-electron chi connectivity index (χ0n) is 19.3. The van der Waals surface area contributed by atoms with Crippen molar-refractivity contribution in [3.8, 4) is 11.5 Å². The summed E-state index contributed by atoms with van der Waals surface area (Å²) in [6.07, 6.45) is 2.72. The number of pyridine rings is 1. The van der Waals surface area contributed by atoms with Gasteiger partial charge in [0.05, 0.1) is 16.8 Å². The number of carbonyl (C=O) groups is 3. The van der Waals surface area contributed by atoms with Gasteiger partial charge in [-0.3, -0.25) is 24.3 Å². The quantitative estimate of drug-likeness (QED) is 0.446. The highest BCUT2D eigenvalue weighted by atomic mass is 19.1. The summed E-state index contributed by atoms with van der Waals surface area (Å²) < 4.78 is 49.6. The van der Waals surface area contributed by atoms with Crippen molar-refractivity contribution in [3.05, 3.63) is 77.9 Å². The Labute approximate surface area is 209 Å². The third kappa shape index (κ3) is 4.15. The normalized spacial score (nSPS) is 16.5. The highest BCUT2D eigenvalue weighted by molar-refractivity contribution is 6.16. The molecule has 5 rings (SSSR count). The van der Waals surface area contributed by atoms with E-state index in [4.69, 9.17) is 16.2 Å². The number of anilines is 2. The minimum atomic E-state index is -1.56. The van der Waals surface area contributed by atoms with Gasteiger partial charge in [0.25, 0.3) is 0 Å². The lowest BCUT2D eigenvalue weighted by molar-refractivity contribution is -0.133. The Kier molecular flexibility index (Phi) is 5.65. The summed E-state index contributed by atoms with van der Waals surface area (Å²) in [4.78, 5) is 42.1. The molecule has 2 saturated carbocycles. The number of carbonyl (C=O) groups excluding carboxylic acids is 3. The number of ether oxygens (including phenoxy) is 1. The number of halogens is 3. The molecule has 0 radical (unpaired) electrons. The van der Waals surface area contributed by atoms with Crippen molar-refractivity contribution in [2.75, 3.05) is 4.90 Å². The minimum Gasteiger partial charge on any atom is -0.454 e. The Morgan fingerprint density at radius 2 is 1.54 bits per heavy atom. The van der Waals surface area contributed by atoms with E-state index in [2.05, 4.69) is 4.98 Å². The van der Waals surface area contributed by atoms with Crippen molar-refractivity contribution in [2.24, 2.45) is 16.9 Å². The number of hydrogen-bond acceptors (Lipinski definition) is 5. The van der Waals surface area contributed by atoms with Gasteiger partial charge in [0.1, 0.15) is 17.0 Å². The first-order valence-corrected chi connectivity index (χ1v) is 11.4. The van der Waals surface area contributed by atoms with Gasteiger partial charge in [0, 0.05) is 30.1 Å². The smallest absolute Gasteiger partial charge is 0.247 e. The van der Waals surface area contributed by atoms with E-state index in [-0.39, 0.29) is 24.3 Å². The number of primary amides is 2. The van der Waals surface area contributed by atoms with Crippen molar-refractivity contribution in [1.29, 1.82) is 0 Å². The van der Waals surface area contributed by atoms with E-state index in [1.807, 2.05) is 0 Å². The SMILES string of the molecule is NC(=O)C1(C(=O)N(c2ccc(F)cc2)c2cc(F)c(Oc3ccnc(C4(C(N)=O)CC4)c3)cc2F)CC1. The van der Waals surface area contributed by atoms with Crippen LogP contribution in [0.1, 0.15) is 31.4 Å². The fourth-order valence-corrected chi connectivity index (χ4v) is 4.25. The number of rotatable bonds is 8. The number of hydrogen-bond donors (Lipinski definition) is 2. The molecule has 37 heavy (non-hydrogen) atoms. The molecule has 0 aliphatic heterocycles. The monoisotopic (exact) mass is 510 g/mol. The number of nitrogens with two attached hydrogens (primary N) is 2. The van der Waals surface area contributed by atoms with Crippen LogP contribution >= 0.6 is 0 Å². The van der Waals surface area contributed by atoms with Gasteiger partial charge in [0.2, 0.25) is 17.7 Å². The van der Waals surface area contributed by atoms with E-state index < -0.39 is 57.4 Å². The van der Waals surface area contributed by atoms with Gasteiger partial charge in [-0.1, -0.05) is 0 Å². The lowest BCUT2D eigenvalue weighted by Gasteiger charge is -2.27. The van der Waals surface area contributed by atoms with Crippen LogP contribution in [0.4, 0.5) is 24.5 Å². The molecular formula is C26H21F3N4O4. The molecule has 2 fully saturated rings. The van der Waals surface area contributed by atoms with Crippen molar-refractivity contribution in [2.45, 2.75) is 31.1 Å². The van der Waals surface area contributed by atoms with E-state index >= 15 is 8.78 Å². The van der Waals surface area contributed by atoms with Crippen LogP contribution in [0, 0.1) is 22.9 Å². The van der Waals surface area contributed by atoms with E-state index in [9.17, 15) is 18.8 Å². The first-order chi connectivity index (χ1) is 17.6. The molecule has 11 heteroatoms. The van der Waals surface area contributed by atoms with Crippen LogP contribution in [-0.2, 0) is 19.8 Å². The number of benzene rings is 2. The van der Waals surface area contributed by atoms with E-state index in [0.29, 0.717) is 18.5 Å². The summed E-state index contributed by atoms with van der Waals surface area (Å²) >= 11 is 0. The third-order valence-corrected chi connectivity index (χ3v) is 6.83. The Hall–Kier alpha value is -4.41. The van der Waals surface area contributed by atoms with Gasteiger partial charge < -0.3 is 16.2 Å². The molecule has 0 atom stereocenters. The fourth-order valence-electron chi connectivity index (χ4n) is 4.25. The lowest BCUT2D eigenvalue weighted by Crippen LogP contribution is -2.41. The van der Waals surface area contributed by atoms with Crippen molar-refractivity contribution < 1.29 is 32.3 Å². The Morgan fingerprint density at radius 3 is 2.11 bits per heavy atom. The molecule has 2 aliphatic rings. The van der Waals surface area contributed by atoms with Crippen LogP contribution < -0.4 is 21.1 Å². The maximum atomic E-state index is 15.4. The highest BCUT2D eigenvalue weighted by Crippen LogP contribution is 2.50. The molecule has 190 valence electrons. The molecule has 0 spiro atoms. The second-order valence-electron chi connectivity index (χ2n) is 9.22. The van der Waals surface area contributed by atoms with E-state index in [0.717, 1.165) is 29.2 Å². The molecule has 2 aromatic carbocycles. The van der Waals surface area contributed by atoms with Gasteiger partial charge in [-0.05, 0) is 56.0 Å². The maximum absolute atomic E-state index is 15.4. The standard InChI is InChI=1S/C26H21F3N4O4/c27-14-1-3-15(4-2-14)33(24(36)26(8-9-26)23(31)35)19-12-18(29)20(13-17(19)28)37-16-5-10-32-21(11-16)25(6-7-25)22(30)34/h1-5,10-13H,6-9H2,(H2,30,34)(H2,31,35). The summed E-state index contributed by atoms with van der Waals surface area (Å²) in [6.45, 7) is 0. The summed E-state index contributed by atoms with van der Waals surface area (Å²) in [5.41, 5.74) is 8.33. The van der Waals surface area contributed by atoms with Crippen LogP contribution in [0.5, 0.6) is 11.5 Å². The van der Waals surface area contributed by atoms with Gasteiger partial charge in [-0.2, -0.15) is 0 Å². The van der Waals surface area contributed by atoms with Crippen molar-refractivity contribution in [3.63, 3.8) is 0 Å². The average Bonchev–Trinajstić information content (AvgIpc) is 3.77. The molecule has 0 saturated heterocycles. The van der Waals surface area contributed by atoms with Crippen molar-refractivity contribution >= 4 is 29.1 Å². The van der Waals surface area contributed by atoms with Gasteiger partial charge in [-0.15, -0.1) is 0 Å². The highest BCUT2D eigenvalue weighted by Gasteiger charge is 2.58. The molecule has 1 aromatic heterocycles. The second kappa shape index (κ2) is 8.61. The van der Waals surface area contributed by atoms with Crippen LogP contribution in [-0.4, -0.2) is 22.7 Å². The third-order valence-electron chi connectivity index (χ3n) is 6.83. The predicted molar refractivity (Wildman–Crippen MR) is 125 cm³/mol. The number of aromatic nitrogens is 1. The summed E-state index contributed by atoms with van der Waals surface area (Å²) in [5.74, 6) is -5.33. The topological polar surface area (TPSA) is 129 Å². The van der Waals surface area contributed by atoms with Gasteiger partial charge >= 0.3 is 0 Å². The van der Waals surface area contributed by atoms with Gasteiger partial charge in [0.15, 0.2) is 17.4 Å². The Bertz CT molecular complexity index is 1440. The van der Waals surface area contributed by atoms with Crippen LogP contribution in [0.15, 0.2) is 54.7 Å². The number of amides is 3. The molecule has 0 unspecified atom stereocenters. The van der Waals surface area contributed by atoms with Crippen LogP contribution in [0.2, 0.25) is 0 Å². The zero-order valence-corrected chi connectivity index (χ0v) is 19.3.